The van der Waals surface area contributed by atoms with Gasteiger partial charge in [0, 0.05) is 0 Å². The van der Waals surface area contributed by atoms with Gasteiger partial charge in [-0.25, -0.2) is 0 Å². The molecule has 0 radical (unpaired) electrons. The van der Waals surface area contributed by atoms with E-state index in [1.54, 1.807) is 22.3 Å². The van der Waals surface area contributed by atoms with Crippen LogP contribution >= 0.6 is 0 Å². The van der Waals surface area contributed by atoms with Crippen molar-refractivity contribution < 1.29 is 44.0 Å². The summed E-state index contributed by atoms with van der Waals surface area (Å²) < 4.78 is 1.35. The average molecular weight is 433 g/mol. The average Bonchev–Trinajstić information content (AvgIpc) is 3.08. The molecule has 3 heteroatoms. The van der Waals surface area contributed by atoms with Crippen LogP contribution in [0.1, 0.15) is 66.8 Å². The summed E-state index contributed by atoms with van der Waals surface area (Å²) in [5.74, 6) is 0. The number of allylic oxidation sites excluding steroid dienone is 2. The molecule has 0 saturated carbocycles. The summed E-state index contributed by atoms with van der Waals surface area (Å²) in [5.41, 5.74) is 15.2. The molecule has 27 heavy (non-hydrogen) atoms. The van der Waals surface area contributed by atoms with E-state index in [1.807, 2.05) is 0 Å². The van der Waals surface area contributed by atoms with Gasteiger partial charge in [-0.3, -0.25) is 0 Å². The first-order valence-corrected chi connectivity index (χ1v) is 11.0. The van der Waals surface area contributed by atoms with Crippen LogP contribution in [-0.2, 0) is 19.2 Å². The summed E-state index contributed by atoms with van der Waals surface area (Å²) in [7, 11) is 0. The number of fused-ring (bicyclic) bond motifs is 2. The number of hydrogen-bond donors (Lipinski definition) is 0. The normalized spacial score (nSPS) is 19.2. The Morgan fingerprint density at radius 2 is 0.889 bits per heavy atom. The first kappa shape index (κ1) is 22.5. The maximum atomic E-state index is 2.46. The van der Waals surface area contributed by atoms with Crippen molar-refractivity contribution in [1.29, 1.82) is 0 Å². The smallest absolute Gasteiger partial charge is 1.00 e. The molecule has 140 valence electrons. The Balaban J connectivity index is 0.00000131. The molecule has 2 atom stereocenters. The summed E-state index contributed by atoms with van der Waals surface area (Å²) in [4.78, 5) is 0. The van der Waals surface area contributed by atoms with Gasteiger partial charge in [-0.15, -0.1) is 0 Å². The molecule has 2 aromatic rings. The van der Waals surface area contributed by atoms with Gasteiger partial charge in [0.1, 0.15) is 0 Å². The summed E-state index contributed by atoms with van der Waals surface area (Å²) >= 11 is -0.204. The third-order valence-corrected chi connectivity index (χ3v) is 9.38. The number of hydrogen-bond acceptors (Lipinski definition) is 0. The number of aryl methyl sites for hydroxylation is 4. The zero-order chi connectivity index (χ0) is 17.9. The molecule has 0 saturated heterocycles. The predicted octanol–water partition coefficient (Wildman–Crippen LogP) is 0.627. The number of rotatable bonds is 2. The molecule has 0 fully saturated rings. The quantitative estimate of drug-likeness (QED) is 0.610. The van der Waals surface area contributed by atoms with Gasteiger partial charge in [-0.05, 0) is 0 Å². The second-order valence-electron chi connectivity index (χ2n) is 7.86. The van der Waals surface area contributed by atoms with Crippen molar-refractivity contribution in [2.45, 2.75) is 50.0 Å². The van der Waals surface area contributed by atoms with Crippen LogP contribution in [0.5, 0.6) is 0 Å². The van der Waals surface area contributed by atoms with E-state index < -0.39 is 0 Å². The Bertz CT molecular complexity index is 876. The molecule has 2 aliphatic rings. The van der Waals surface area contributed by atoms with Crippen molar-refractivity contribution in [3.63, 3.8) is 0 Å². The standard InChI is InChI=1S/2C12H13.2ClH.Ti/c2*1-8-6-11-9(2)4-5-10(3)12(11)7-8;;;/h2*4-7H,1-3H3;2*1H;/q;;;;+2/p-2. The van der Waals surface area contributed by atoms with E-state index in [2.05, 4.69) is 78.0 Å². The van der Waals surface area contributed by atoms with Crippen LogP contribution in [0.3, 0.4) is 0 Å². The van der Waals surface area contributed by atoms with Gasteiger partial charge in [0.05, 0.1) is 0 Å². The largest absolute Gasteiger partial charge is 1.00 e. The molecule has 0 aliphatic heterocycles. The predicted molar refractivity (Wildman–Crippen MR) is 105 cm³/mol. The van der Waals surface area contributed by atoms with Crippen molar-refractivity contribution >= 4 is 12.2 Å². The van der Waals surface area contributed by atoms with Gasteiger partial charge in [-0.1, -0.05) is 0 Å². The summed E-state index contributed by atoms with van der Waals surface area (Å²) in [6, 6.07) is 9.20. The fourth-order valence-electron chi connectivity index (χ4n) is 4.53. The maximum absolute atomic E-state index is 2.46. The SMILES string of the molecule is CC1=Cc2c(C)ccc(C)c2[CH]1[Ti+2][CH]1C(C)=Cc2c(C)ccc(C)c21.[Cl-].[Cl-]. The number of benzene rings is 2. The molecule has 0 amide bonds. The molecule has 0 aromatic heterocycles. The Hall–Kier alpha value is -0.786. The van der Waals surface area contributed by atoms with Gasteiger partial charge in [0.25, 0.3) is 0 Å². The molecule has 0 N–H and O–H groups in total. The third kappa shape index (κ3) is 3.63. The van der Waals surface area contributed by atoms with Gasteiger partial charge < -0.3 is 24.8 Å². The van der Waals surface area contributed by atoms with E-state index >= 15 is 0 Å². The fraction of sp³-hybridized carbons (Fsp3) is 0.333. The molecule has 2 aliphatic carbocycles. The van der Waals surface area contributed by atoms with Gasteiger partial charge in [0.15, 0.2) is 0 Å². The van der Waals surface area contributed by atoms with Gasteiger partial charge in [-0.2, -0.15) is 0 Å². The van der Waals surface area contributed by atoms with E-state index in [1.165, 1.54) is 33.4 Å². The summed E-state index contributed by atoms with van der Waals surface area (Å²) in [6.07, 6.45) is 4.92. The second kappa shape index (κ2) is 8.30. The summed E-state index contributed by atoms with van der Waals surface area (Å²) in [5, 5.41) is 0. The molecular weight excluding hydrogens is 407 g/mol. The van der Waals surface area contributed by atoms with E-state index in [0.29, 0.717) is 8.45 Å². The minimum absolute atomic E-state index is 0. The van der Waals surface area contributed by atoms with E-state index in [-0.39, 0.29) is 44.0 Å². The Morgan fingerprint density at radius 3 is 1.26 bits per heavy atom. The van der Waals surface area contributed by atoms with Crippen molar-refractivity contribution in [3.8, 4) is 0 Å². The molecule has 2 unspecified atom stereocenters. The molecule has 0 heterocycles. The fourth-order valence-corrected chi connectivity index (χ4v) is 7.85. The van der Waals surface area contributed by atoms with Crippen LogP contribution in [0.15, 0.2) is 35.4 Å². The molecular formula is C24H26Cl2Ti. The van der Waals surface area contributed by atoms with Crippen molar-refractivity contribution in [3.05, 3.63) is 79.9 Å². The van der Waals surface area contributed by atoms with Gasteiger partial charge in [0.2, 0.25) is 0 Å². The third-order valence-electron chi connectivity index (χ3n) is 6.01. The first-order chi connectivity index (χ1) is 11.9. The first-order valence-electron chi connectivity index (χ1n) is 9.21. The van der Waals surface area contributed by atoms with Crippen LogP contribution < -0.4 is 24.8 Å². The monoisotopic (exact) mass is 432 g/mol. The van der Waals surface area contributed by atoms with Crippen LogP contribution in [-0.4, -0.2) is 0 Å². The zero-order valence-corrected chi connectivity index (χ0v) is 19.9. The molecule has 4 rings (SSSR count). The topological polar surface area (TPSA) is 0 Å². The maximum Gasteiger partial charge on any atom is -1.00 e. The minimum atomic E-state index is -0.204. The van der Waals surface area contributed by atoms with Crippen molar-refractivity contribution in [1.82, 2.24) is 0 Å². The summed E-state index contributed by atoms with van der Waals surface area (Å²) in [6.45, 7) is 13.8. The van der Waals surface area contributed by atoms with Crippen LogP contribution in [0, 0.1) is 27.7 Å². The van der Waals surface area contributed by atoms with Crippen LogP contribution in [0.4, 0.5) is 0 Å². The Morgan fingerprint density at radius 1 is 0.556 bits per heavy atom. The van der Waals surface area contributed by atoms with Crippen molar-refractivity contribution in [2.75, 3.05) is 0 Å². The molecule has 2 aromatic carbocycles. The van der Waals surface area contributed by atoms with E-state index in [9.17, 15) is 0 Å². The molecule has 0 bridgehead atoms. The van der Waals surface area contributed by atoms with E-state index in [4.69, 9.17) is 0 Å². The molecule has 0 spiro atoms. The van der Waals surface area contributed by atoms with Crippen LogP contribution in [0.25, 0.3) is 12.2 Å². The Kier molecular flexibility index (Phi) is 6.91. The Labute approximate surface area is 185 Å². The zero-order valence-electron chi connectivity index (χ0n) is 16.9. The number of halogens is 2. The minimum Gasteiger partial charge on any atom is -1.00 e. The van der Waals surface area contributed by atoms with Crippen LogP contribution in [0.2, 0.25) is 0 Å². The molecule has 0 nitrogen and oxygen atoms in total. The van der Waals surface area contributed by atoms with Crippen molar-refractivity contribution in [2.24, 2.45) is 0 Å². The van der Waals surface area contributed by atoms with E-state index in [0.717, 1.165) is 0 Å². The second-order valence-corrected chi connectivity index (χ2v) is 10.2. The van der Waals surface area contributed by atoms with Gasteiger partial charge >= 0.3 is 161 Å².